The third kappa shape index (κ3) is 3.65. The molecule has 0 aliphatic carbocycles. The summed E-state index contributed by atoms with van der Waals surface area (Å²) in [5, 5.41) is 0. The first-order valence-corrected chi connectivity index (χ1v) is 6.81. The number of likely N-dealkylation sites (tertiary alicyclic amines) is 1. The smallest absolute Gasteiger partial charge is 0.339 e. The number of alkyl halides is 3. The number of benzene rings is 1. The van der Waals surface area contributed by atoms with E-state index < -0.39 is 11.7 Å². The zero-order valence-electron chi connectivity index (χ0n) is 11.9. The van der Waals surface area contributed by atoms with Crippen molar-refractivity contribution in [2.75, 3.05) is 13.1 Å². The fraction of sp³-hybridized carbons (Fsp3) is 0.438. The van der Waals surface area contributed by atoms with Gasteiger partial charge in [0.1, 0.15) is 0 Å². The topological polar surface area (TPSA) is 20.3 Å². The van der Waals surface area contributed by atoms with Gasteiger partial charge in [0.05, 0.1) is 5.56 Å². The Labute approximate surface area is 122 Å². The van der Waals surface area contributed by atoms with Crippen molar-refractivity contribution in [3.05, 3.63) is 48.0 Å². The molecule has 1 aromatic rings. The molecule has 0 bridgehead atoms. The van der Waals surface area contributed by atoms with E-state index >= 15 is 0 Å². The van der Waals surface area contributed by atoms with E-state index in [-0.39, 0.29) is 11.3 Å². The Morgan fingerprint density at radius 3 is 2.81 bits per heavy atom. The number of amides is 1. The second-order valence-electron chi connectivity index (χ2n) is 5.90. The van der Waals surface area contributed by atoms with Crippen LogP contribution in [0.4, 0.5) is 13.2 Å². The van der Waals surface area contributed by atoms with E-state index in [9.17, 15) is 18.0 Å². The Hall–Kier alpha value is -1.78. The Morgan fingerprint density at radius 1 is 1.48 bits per heavy atom. The summed E-state index contributed by atoms with van der Waals surface area (Å²) >= 11 is 0. The van der Waals surface area contributed by atoms with Gasteiger partial charge in [0.15, 0.2) is 0 Å². The van der Waals surface area contributed by atoms with Gasteiger partial charge in [-0.1, -0.05) is 31.7 Å². The summed E-state index contributed by atoms with van der Waals surface area (Å²) in [5.74, 6) is -0.122. The highest BCUT2D eigenvalue weighted by molar-refractivity contribution is 5.87. The van der Waals surface area contributed by atoms with Crippen LogP contribution in [0.5, 0.6) is 0 Å². The zero-order valence-corrected chi connectivity index (χ0v) is 11.9. The van der Waals surface area contributed by atoms with Gasteiger partial charge in [0.25, 0.3) is 0 Å². The molecule has 0 saturated carbocycles. The van der Waals surface area contributed by atoms with Gasteiger partial charge in [0, 0.05) is 13.1 Å². The van der Waals surface area contributed by atoms with Crippen molar-refractivity contribution in [1.82, 2.24) is 4.90 Å². The van der Waals surface area contributed by atoms with E-state index in [1.807, 2.05) is 6.92 Å². The maximum absolute atomic E-state index is 12.7. The molecule has 2 nitrogen and oxygen atoms in total. The van der Waals surface area contributed by atoms with Crippen molar-refractivity contribution >= 4 is 5.91 Å². The number of nitrogens with zero attached hydrogens (tertiary/aromatic N) is 1. The Morgan fingerprint density at radius 2 is 2.19 bits per heavy atom. The maximum atomic E-state index is 12.7. The second-order valence-corrected chi connectivity index (χ2v) is 5.90. The van der Waals surface area contributed by atoms with Crippen molar-refractivity contribution in [2.24, 2.45) is 5.41 Å². The van der Waals surface area contributed by atoms with E-state index in [0.29, 0.717) is 25.1 Å². The standard InChI is InChI=1S/C16H18F3NO/c1-3-14(21)20-8-7-15(2,11-20)10-12-5-4-6-13(9-12)16(17,18)19/h3-6,9H,1,7-8,10-11H2,2H3. The number of hydrogen-bond donors (Lipinski definition) is 0. The average Bonchev–Trinajstić information content (AvgIpc) is 2.79. The molecule has 0 aromatic heterocycles. The minimum atomic E-state index is -4.32. The Balaban J connectivity index is 2.12. The zero-order chi connectivity index (χ0) is 15.7. The van der Waals surface area contributed by atoms with Gasteiger partial charge >= 0.3 is 6.18 Å². The monoisotopic (exact) mass is 297 g/mol. The molecule has 1 unspecified atom stereocenters. The average molecular weight is 297 g/mol. The highest BCUT2D eigenvalue weighted by Crippen LogP contribution is 2.35. The van der Waals surface area contributed by atoms with Crippen LogP contribution >= 0.6 is 0 Å². The quantitative estimate of drug-likeness (QED) is 0.780. The van der Waals surface area contributed by atoms with E-state index in [2.05, 4.69) is 6.58 Å². The van der Waals surface area contributed by atoms with Gasteiger partial charge in [-0.25, -0.2) is 0 Å². The van der Waals surface area contributed by atoms with Gasteiger partial charge in [-0.05, 0) is 36.0 Å². The third-order valence-electron chi connectivity index (χ3n) is 3.93. The molecule has 1 atom stereocenters. The van der Waals surface area contributed by atoms with Gasteiger partial charge < -0.3 is 4.90 Å². The van der Waals surface area contributed by atoms with E-state index in [1.54, 1.807) is 11.0 Å². The Bertz CT molecular complexity index is 553. The van der Waals surface area contributed by atoms with Crippen LogP contribution in [-0.4, -0.2) is 23.9 Å². The highest BCUT2D eigenvalue weighted by Gasteiger charge is 2.36. The molecular formula is C16H18F3NO. The summed E-state index contributed by atoms with van der Waals surface area (Å²) in [7, 11) is 0. The van der Waals surface area contributed by atoms with Crippen molar-refractivity contribution in [1.29, 1.82) is 0 Å². The molecule has 2 rings (SSSR count). The second kappa shape index (κ2) is 5.54. The molecule has 1 fully saturated rings. The normalized spacial score (nSPS) is 22.4. The first kappa shape index (κ1) is 15.6. The number of carbonyl (C=O) groups excluding carboxylic acids is 1. The van der Waals surface area contributed by atoms with Crippen molar-refractivity contribution in [3.63, 3.8) is 0 Å². The summed E-state index contributed by atoms with van der Waals surface area (Å²) in [5.41, 5.74) is -0.163. The molecule has 5 heteroatoms. The number of rotatable bonds is 3. The fourth-order valence-corrected chi connectivity index (χ4v) is 2.84. The maximum Gasteiger partial charge on any atom is 0.416 e. The molecular weight excluding hydrogens is 279 g/mol. The number of carbonyl (C=O) groups is 1. The predicted octanol–water partition coefficient (Wildman–Crippen LogP) is 3.67. The molecule has 1 aromatic carbocycles. The van der Waals surface area contributed by atoms with Gasteiger partial charge in [-0.3, -0.25) is 4.79 Å². The van der Waals surface area contributed by atoms with Crippen LogP contribution in [0.1, 0.15) is 24.5 Å². The van der Waals surface area contributed by atoms with Gasteiger partial charge in [-0.2, -0.15) is 13.2 Å². The molecule has 0 radical (unpaired) electrons. The molecule has 21 heavy (non-hydrogen) atoms. The molecule has 1 heterocycles. The number of hydrogen-bond acceptors (Lipinski definition) is 1. The van der Waals surface area contributed by atoms with Crippen LogP contribution in [0.15, 0.2) is 36.9 Å². The first-order valence-electron chi connectivity index (χ1n) is 6.81. The molecule has 1 aliphatic heterocycles. The summed E-state index contributed by atoms with van der Waals surface area (Å²) in [4.78, 5) is 13.3. The summed E-state index contributed by atoms with van der Waals surface area (Å²) in [6, 6.07) is 5.42. The first-order chi connectivity index (χ1) is 9.73. The van der Waals surface area contributed by atoms with Gasteiger partial charge in [-0.15, -0.1) is 0 Å². The van der Waals surface area contributed by atoms with E-state index in [1.165, 1.54) is 18.2 Å². The molecule has 114 valence electrons. The lowest BCUT2D eigenvalue weighted by Crippen LogP contribution is -2.30. The Kier molecular flexibility index (Phi) is 4.12. The van der Waals surface area contributed by atoms with Crippen molar-refractivity contribution in [2.45, 2.75) is 25.9 Å². The summed E-state index contributed by atoms with van der Waals surface area (Å²) < 4.78 is 38.2. The molecule has 0 N–H and O–H groups in total. The molecule has 0 spiro atoms. The largest absolute Gasteiger partial charge is 0.416 e. The van der Waals surface area contributed by atoms with Crippen LogP contribution in [0.3, 0.4) is 0 Å². The fourth-order valence-electron chi connectivity index (χ4n) is 2.84. The van der Waals surface area contributed by atoms with Crippen LogP contribution in [-0.2, 0) is 17.4 Å². The lowest BCUT2D eigenvalue weighted by molar-refractivity contribution is -0.137. The third-order valence-corrected chi connectivity index (χ3v) is 3.93. The van der Waals surface area contributed by atoms with Crippen LogP contribution in [0, 0.1) is 5.41 Å². The molecule has 1 amide bonds. The number of halogens is 3. The summed E-state index contributed by atoms with van der Waals surface area (Å²) in [6.07, 6.45) is -1.74. The lowest BCUT2D eigenvalue weighted by atomic mass is 9.82. The van der Waals surface area contributed by atoms with E-state index in [0.717, 1.165) is 12.5 Å². The van der Waals surface area contributed by atoms with Crippen molar-refractivity contribution in [3.8, 4) is 0 Å². The summed E-state index contributed by atoms with van der Waals surface area (Å²) in [6.45, 7) is 6.64. The lowest BCUT2D eigenvalue weighted by Gasteiger charge is -2.24. The van der Waals surface area contributed by atoms with Crippen molar-refractivity contribution < 1.29 is 18.0 Å². The predicted molar refractivity (Wildman–Crippen MR) is 74.6 cm³/mol. The van der Waals surface area contributed by atoms with Crippen LogP contribution in [0.2, 0.25) is 0 Å². The van der Waals surface area contributed by atoms with E-state index in [4.69, 9.17) is 0 Å². The van der Waals surface area contributed by atoms with Crippen LogP contribution in [0.25, 0.3) is 0 Å². The molecule has 1 aliphatic rings. The minimum Gasteiger partial charge on any atom is -0.339 e. The highest BCUT2D eigenvalue weighted by atomic mass is 19.4. The minimum absolute atomic E-state index is 0.122. The SMILES string of the molecule is C=CC(=O)N1CCC(C)(Cc2cccc(C(F)(F)F)c2)C1. The van der Waals surface area contributed by atoms with Crippen LogP contribution < -0.4 is 0 Å². The van der Waals surface area contributed by atoms with Gasteiger partial charge in [0.2, 0.25) is 5.91 Å². The molecule has 1 saturated heterocycles.